The third-order valence-electron chi connectivity index (χ3n) is 3.04. The summed E-state index contributed by atoms with van der Waals surface area (Å²) in [5, 5.41) is 16.1. The molecule has 2 N–H and O–H groups in total. The van der Waals surface area contributed by atoms with E-state index >= 15 is 0 Å². The number of aryl methyl sites for hydroxylation is 2. The lowest BCUT2D eigenvalue weighted by Crippen LogP contribution is -2.27. The maximum absolute atomic E-state index is 12.3. The van der Waals surface area contributed by atoms with Crippen molar-refractivity contribution < 1.29 is 9.90 Å². The largest absolute Gasteiger partial charge is 0.508 e. The molecule has 1 heterocycles. The van der Waals surface area contributed by atoms with Crippen LogP contribution in [0.25, 0.3) is 0 Å². The van der Waals surface area contributed by atoms with Crippen LogP contribution in [0, 0.1) is 13.8 Å². The molecule has 19 heavy (non-hydrogen) atoms. The Morgan fingerprint density at radius 1 is 1.32 bits per heavy atom. The van der Waals surface area contributed by atoms with Crippen molar-refractivity contribution in [3.8, 4) is 5.75 Å². The molecule has 5 nitrogen and oxygen atoms in total. The summed E-state index contributed by atoms with van der Waals surface area (Å²) in [6, 6.07) is 6.83. The van der Waals surface area contributed by atoms with Gasteiger partial charge < -0.3 is 10.0 Å². The molecule has 2 rings (SSSR count). The van der Waals surface area contributed by atoms with Crippen LogP contribution in [-0.4, -0.2) is 33.2 Å². The number of nitrogens with one attached hydrogen (secondary N) is 1. The summed E-state index contributed by atoms with van der Waals surface area (Å²) in [6.45, 7) is 4.13. The van der Waals surface area contributed by atoms with Gasteiger partial charge >= 0.3 is 0 Å². The van der Waals surface area contributed by atoms with Gasteiger partial charge in [0.15, 0.2) is 0 Å². The zero-order valence-electron chi connectivity index (χ0n) is 11.3. The van der Waals surface area contributed by atoms with Gasteiger partial charge in [-0.3, -0.25) is 9.89 Å². The van der Waals surface area contributed by atoms with Crippen molar-refractivity contribution in [1.29, 1.82) is 0 Å². The summed E-state index contributed by atoms with van der Waals surface area (Å²) in [5.74, 6) is 0.163. The zero-order chi connectivity index (χ0) is 14.0. The molecule has 0 aliphatic carbocycles. The first-order valence-electron chi connectivity index (χ1n) is 6.04. The van der Waals surface area contributed by atoms with Crippen LogP contribution in [0.3, 0.4) is 0 Å². The summed E-state index contributed by atoms with van der Waals surface area (Å²) in [7, 11) is 1.75. The minimum absolute atomic E-state index is 0.0585. The Labute approximate surface area is 111 Å². The molecule has 0 aliphatic rings. The van der Waals surface area contributed by atoms with Crippen molar-refractivity contribution in [2.45, 2.75) is 20.4 Å². The van der Waals surface area contributed by atoms with Gasteiger partial charge in [0, 0.05) is 19.3 Å². The van der Waals surface area contributed by atoms with E-state index in [0.29, 0.717) is 17.8 Å². The predicted molar refractivity (Wildman–Crippen MR) is 72.0 cm³/mol. The normalized spacial score (nSPS) is 10.5. The number of amides is 1. The number of benzene rings is 1. The van der Waals surface area contributed by atoms with E-state index in [2.05, 4.69) is 10.2 Å². The number of hydrogen-bond acceptors (Lipinski definition) is 3. The van der Waals surface area contributed by atoms with Gasteiger partial charge in [-0.05, 0) is 31.5 Å². The number of aromatic amines is 1. The Bertz CT molecular complexity index is 568. The molecule has 0 atom stereocenters. The van der Waals surface area contributed by atoms with E-state index in [4.69, 9.17) is 0 Å². The lowest BCUT2D eigenvalue weighted by atomic mass is 10.1. The first-order valence-corrected chi connectivity index (χ1v) is 6.04. The highest BCUT2D eigenvalue weighted by molar-refractivity contribution is 5.96. The van der Waals surface area contributed by atoms with Crippen molar-refractivity contribution >= 4 is 5.91 Å². The quantitative estimate of drug-likeness (QED) is 0.885. The second-order valence-electron chi connectivity index (χ2n) is 4.64. The number of hydrogen-bond donors (Lipinski definition) is 2. The minimum atomic E-state index is -0.0585. The maximum Gasteiger partial charge on any atom is 0.257 e. The second kappa shape index (κ2) is 5.14. The summed E-state index contributed by atoms with van der Waals surface area (Å²) in [5.41, 5.74) is 3.08. The van der Waals surface area contributed by atoms with Crippen LogP contribution < -0.4 is 0 Å². The number of nitrogens with zero attached hydrogens (tertiary/aromatic N) is 2. The van der Waals surface area contributed by atoms with Gasteiger partial charge in [-0.15, -0.1) is 0 Å². The number of aromatic hydroxyl groups is 1. The monoisotopic (exact) mass is 259 g/mol. The van der Waals surface area contributed by atoms with Crippen molar-refractivity contribution in [2.24, 2.45) is 0 Å². The number of phenols is 1. The van der Waals surface area contributed by atoms with E-state index in [1.54, 1.807) is 36.2 Å². The fraction of sp³-hybridized carbons (Fsp3) is 0.286. The fourth-order valence-corrected chi connectivity index (χ4v) is 2.00. The van der Waals surface area contributed by atoms with Crippen LogP contribution in [0.15, 0.2) is 24.3 Å². The lowest BCUT2D eigenvalue weighted by molar-refractivity contribution is 0.0783. The van der Waals surface area contributed by atoms with Crippen molar-refractivity contribution in [3.05, 3.63) is 46.8 Å². The van der Waals surface area contributed by atoms with Crippen LogP contribution in [0.5, 0.6) is 5.75 Å². The molecule has 5 heteroatoms. The van der Waals surface area contributed by atoms with Crippen LogP contribution in [-0.2, 0) is 6.54 Å². The SMILES string of the molecule is Cc1n[nH]c(C)c1C(=O)N(C)Cc1ccc(O)cc1. The Hall–Kier alpha value is -2.30. The summed E-state index contributed by atoms with van der Waals surface area (Å²) in [4.78, 5) is 14.0. The Morgan fingerprint density at radius 3 is 2.47 bits per heavy atom. The number of aromatic nitrogens is 2. The molecule has 0 unspecified atom stereocenters. The third-order valence-corrected chi connectivity index (χ3v) is 3.04. The van der Waals surface area contributed by atoms with Crippen LogP contribution in [0.2, 0.25) is 0 Å². The topological polar surface area (TPSA) is 69.2 Å². The van der Waals surface area contributed by atoms with Gasteiger partial charge in [0.2, 0.25) is 0 Å². The molecule has 2 aromatic rings. The van der Waals surface area contributed by atoms with Crippen molar-refractivity contribution in [2.75, 3.05) is 7.05 Å². The van der Waals surface area contributed by atoms with E-state index in [9.17, 15) is 9.90 Å². The number of rotatable bonds is 3. The van der Waals surface area contributed by atoms with E-state index in [-0.39, 0.29) is 11.7 Å². The van der Waals surface area contributed by atoms with Crippen molar-refractivity contribution in [1.82, 2.24) is 15.1 Å². The van der Waals surface area contributed by atoms with Gasteiger partial charge in [-0.2, -0.15) is 5.10 Å². The molecule has 0 fully saturated rings. The van der Waals surface area contributed by atoms with Crippen molar-refractivity contribution in [3.63, 3.8) is 0 Å². The minimum Gasteiger partial charge on any atom is -0.508 e. The first kappa shape index (κ1) is 13.1. The summed E-state index contributed by atoms with van der Waals surface area (Å²) >= 11 is 0. The van der Waals surface area contributed by atoms with E-state index < -0.39 is 0 Å². The van der Waals surface area contributed by atoms with Gasteiger partial charge in [0.1, 0.15) is 5.75 Å². The van der Waals surface area contributed by atoms with Crippen LogP contribution in [0.4, 0.5) is 0 Å². The lowest BCUT2D eigenvalue weighted by Gasteiger charge is -2.17. The Balaban J connectivity index is 2.14. The molecule has 1 aromatic heterocycles. The number of carbonyl (C=O) groups is 1. The van der Waals surface area contributed by atoms with Crippen LogP contribution >= 0.6 is 0 Å². The Kier molecular flexibility index (Phi) is 3.55. The number of H-pyrrole nitrogens is 1. The maximum atomic E-state index is 12.3. The molecule has 100 valence electrons. The highest BCUT2D eigenvalue weighted by Gasteiger charge is 2.19. The van der Waals surface area contributed by atoms with Gasteiger partial charge in [-0.25, -0.2) is 0 Å². The molecule has 0 saturated heterocycles. The molecule has 1 aromatic carbocycles. The first-order chi connectivity index (χ1) is 8.99. The smallest absolute Gasteiger partial charge is 0.257 e. The van der Waals surface area contributed by atoms with Gasteiger partial charge in [-0.1, -0.05) is 12.1 Å². The van der Waals surface area contributed by atoms with E-state index in [1.165, 1.54) is 0 Å². The highest BCUT2D eigenvalue weighted by atomic mass is 16.3. The number of carbonyl (C=O) groups excluding carboxylic acids is 1. The zero-order valence-corrected chi connectivity index (χ0v) is 11.3. The summed E-state index contributed by atoms with van der Waals surface area (Å²) < 4.78 is 0. The molecule has 0 saturated carbocycles. The molecule has 1 amide bonds. The molecular formula is C14H17N3O2. The van der Waals surface area contributed by atoms with E-state index in [0.717, 1.165) is 11.3 Å². The van der Waals surface area contributed by atoms with Gasteiger partial charge in [0.05, 0.1) is 11.3 Å². The predicted octanol–water partition coefficient (Wildman–Crippen LogP) is 2.00. The molecule has 0 radical (unpaired) electrons. The number of phenolic OH excluding ortho intramolecular Hbond substituents is 1. The fourth-order valence-electron chi connectivity index (χ4n) is 2.00. The highest BCUT2D eigenvalue weighted by Crippen LogP contribution is 2.15. The average molecular weight is 259 g/mol. The third kappa shape index (κ3) is 2.76. The standard InChI is InChI=1S/C14H17N3O2/c1-9-13(10(2)16-15-9)14(19)17(3)8-11-4-6-12(18)7-5-11/h4-7,18H,8H2,1-3H3,(H,15,16). The summed E-state index contributed by atoms with van der Waals surface area (Å²) in [6.07, 6.45) is 0. The second-order valence-corrected chi connectivity index (χ2v) is 4.64. The van der Waals surface area contributed by atoms with E-state index in [1.807, 2.05) is 13.8 Å². The molecule has 0 bridgehead atoms. The molecular weight excluding hydrogens is 242 g/mol. The molecule has 0 spiro atoms. The Morgan fingerprint density at radius 2 is 1.95 bits per heavy atom. The molecule has 0 aliphatic heterocycles. The van der Waals surface area contributed by atoms with Crippen LogP contribution in [0.1, 0.15) is 27.3 Å². The average Bonchev–Trinajstić information content (AvgIpc) is 2.71. The van der Waals surface area contributed by atoms with Gasteiger partial charge in [0.25, 0.3) is 5.91 Å².